The van der Waals surface area contributed by atoms with Crippen LogP contribution >= 0.6 is 0 Å². The minimum Gasteiger partial charge on any atom is -0.493 e. The van der Waals surface area contributed by atoms with Gasteiger partial charge in [-0.3, -0.25) is 0 Å². The highest BCUT2D eigenvalue weighted by Crippen LogP contribution is 2.13. The van der Waals surface area contributed by atoms with Gasteiger partial charge in [0.2, 0.25) is 0 Å². The second-order valence-electron chi connectivity index (χ2n) is 3.88. The Labute approximate surface area is 95.0 Å². The molecule has 0 heterocycles. The van der Waals surface area contributed by atoms with E-state index in [1.54, 1.807) is 0 Å². The molecule has 0 fully saturated rings. The third-order valence-corrected chi connectivity index (χ3v) is 2.48. The summed E-state index contributed by atoms with van der Waals surface area (Å²) in [5.74, 6) is 0.144. The van der Waals surface area contributed by atoms with Gasteiger partial charge < -0.3 is 14.8 Å². The zero-order chi connectivity index (χ0) is 12.1. The summed E-state index contributed by atoms with van der Waals surface area (Å²) in [5.41, 5.74) is -0.143. The van der Waals surface area contributed by atoms with E-state index in [0.29, 0.717) is 18.3 Å². The average molecular weight is 226 g/mol. The molecule has 3 nitrogen and oxygen atoms in total. The van der Waals surface area contributed by atoms with E-state index in [9.17, 15) is 4.39 Å². The molecule has 1 rings (SSSR count). The number of hydrogen-bond donors (Lipinski definition) is 2. The van der Waals surface area contributed by atoms with Crippen LogP contribution in [0.25, 0.3) is 0 Å². The maximum Gasteiger partial charge on any atom is 0.491 e. The fraction of sp³-hybridized carbons (Fsp3) is 0.455. The Morgan fingerprint density at radius 1 is 1.44 bits per heavy atom. The van der Waals surface area contributed by atoms with Crippen LogP contribution in [0.2, 0.25) is 0 Å². The highest BCUT2D eigenvalue weighted by molar-refractivity contribution is 6.58. The average Bonchev–Trinajstić information content (AvgIpc) is 2.25. The lowest BCUT2D eigenvalue weighted by Crippen LogP contribution is -2.32. The zero-order valence-electron chi connectivity index (χ0n) is 9.48. The highest BCUT2D eigenvalue weighted by Gasteiger charge is 2.16. The number of rotatable bonds is 5. The molecule has 5 heteroatoms. The summed E-state index contributed by atoms with van der Waals surface area (Å²) >= 11 is 0. The maximum atomic E-state index is 13.3. The minimum absolute atomic E-state index is 0.143. The smallest absolute Gasteiger partial charge is 0.491 e. The normalized spacial score (nSPS) is 12.3. The van der Waals surface area contributed by atoms with Gasteiger partial charge in [-0.1, -0.05) is 26.3 Å². The van der Waals surface area contributed by atoms with Gasteiger partial charge in [-0.25, -0.2) is 4.39 Å². The maximum absolute atomic E-state index is 13.3. The van der Waals surface area contributed by atoms with Crippen molar-refractivity contribution < 1.29 is 19.2 Å². The largest absolute Gasteiger partial charge is 0.493 e. The van der Waals surface area contributed by atoms with E-state index in [2.05, 4.69) is 6.92 Å². The molecule has 0 amide bonds. The highest BCUT2D eigenvalue weighted by atomic mass is 19.1. The van der Waals surface area contributed by atoms with Gasteiger partial charge in [0.25, 0.3) is 0 Å². The van der Waals surface area contributed by atoms with Crippen LogP contribution in [0, 0.1) is 11.7 Å². The molecule has 0 aliphatic rings. The molecule has 0 saturated heterocycles. The Hall–Kier alpha value is -1.07. The molecular formula is C11H16BFO3. The number of halogens is 1. The molecular weight excluding hydrogens is 210 g/mol. The van der Waals surface area contributed by atoms with Crippen LogP contribution in [0.1, 0.15) is 20.3 Å². The molecule has 0 aliphatic carbocycles. The zero-order valence-corrected chi connectivity index (χ0v) is 9.48. The number of ether oxygens (including phenoxy) is 1. The molecule has 16 heavy (non-hydrogen) atoms. The Bertz CT molecular complexity index is 344. The molecule has 0 bridgehead atoms. The third kappa shape index (κ3) is 3.50. The molecule has 88 valence electrons. The van der Waals surface area contributed by atoms with Crippen molar-refractivity contribution in [3.8, 4) is 5.75 Å². The fourth-order valence-electron chi connectivity index (χ4n) is 1.16. The van der Waals surface area contributed by atoms with Crippen LogP contribution in [-0.4, -0.2) is 23.8 Å². The Kier molecular flexibility index (Phi) is 4.77. The van der Waals surface area contributed by atoms with Crippen LogP contribution in [0.3, 0.4) is 0 Å². The van der Waals surface area contributed by atoms with Gasteiger partial charge in [-0.15, -0.1) is 0 Å². The van der Waals surface area contributed by atoms with E-state index in [0.717, 1.165) is 12.5 Å². The van der Waals surface area contributed by atoms with Crippen molar-refractivity contribution in [2.24, 2.45) is 5.92 Å². The van der Waals surface area contributed by atoms with E-state index in [1.165, 1.54) is 12.1 Å². The summed E-state index contributed by atoms with van der Waals surface area (Å²) in [6, 6.07) is 4.00. The summed E-state index contributed by atoms with van der Waals surface area (Å²) in [6.07, 6.45) is 0.996. The first-order valence-corrected chi connectivity index (χ1v) is 5.33. The van der Waals surface area contributed by atoms with Gasteiger partial charge in [-0.2, -0.15) is 0 Å². The Morgan fingerprint density at radius 3 is 2.62 bits per heavy atom. The van der Waals surface area contributed by atoms with E-state index in [4.69, 9.17) is 14.8 Å². The summed E-state index contributed by atoms with van der Waals surface area (Å²) in [5, 5.41) is 17.7. The predicted molar refractivity (Wildman–Crippen MR) is 61.2 cm³/mol. The van der Waals surface area contributed by atoms with Crippen LogP contribution in [0.4, 0.5) is 4.39 Å². The number of benzene rings is 1. The van der Waals surface area contributed by atoms with Crippen LogP contribution < -0.4 is 10.2 Å². The standard InChI is InChI=1S/C11H16BFO3/c1-3-8(2)7-16-9-4-5-10(12(14)15)11(13)6-9/h4-6,8,14-15H,3,7H2,1-2H3. The van der Waals surface area contributed by atoms with Crippen molar-refractivity contribution in [1.29, 1.82) is 0 Å². The van der Waals surface area contributed by atoms with E-state index in [1.807, 2.05) is 6.92 Å². The van der Waals surface area contributed by atoms with Crippen molar-refractivity contribution in [3.63, 3.8) is 0 Å². The van der Waals surface area contributed by atoms with Gasteiger partial charge in [0, 0.05) is 11.5 Å². The molecule has 0 aromatic heterocycles. The summed E-state index contributed by atoms with van der Waals surface area (Å²) in [7, 11) is -1.79. The Morgan fingerprint density at radius 2 is 2.12 bits per heavy atom. The lowest BCUT2D eigenvalue weighted by molar-refractivity contribution is 0.255. The molecule has 0 aliphatic heterocycles. The van der Waals surface area contributed by atoms with Crippen molar-refractivity contribution in [1.82, 2.24) is 0 Å². The molecule has 1 aromatic carbocycles. The quantitative estimate of drug-likeness (QED) is 0.734. The summed E-state index contributed by atoms with van der Waals surface area (Å²) in [6.45, 7) is 4.62. The van der Waals surface area contributed by atoms with Crippen molar-refractivity contribution >= 4 is 12.6 Å². The molecule has 0 saturated carbocycles. The van der Waals surface area contributed by atoms with Gasteiger partial charge in [-0.05, 0) is 12.0 Å². The molecule has 1 atom stereocenters. The lowest BCUT2D eigenvalue weighted by atomic mass is 9.80. The fourth-order valence-corrected chi connectivity index (χ4v) is 1.16. The summed E-state index contributed by atoms with van der Waals surface area (Å²) in [4.78, 5) is 0. The second-order valence-corrected chi connectivity index (χ2v) is 3.88. The van der Waals surface area contributed by atoms with E-state index >= 15 is 0 Å². The van der Waals surface area contributed by atoms with Crippen molar-refractivity contribution in [2.45, 2.75) is 20.3 Å². The van der Waals surface area contributed by atoms with Gasteiger partial charge in [0.05, 0.1) is 6.61 Å². The minimum atomic E-state index is -1.79. The topological polar surface area (TPSA) is 49.7 Å². The van der Waals surface area contributed by atoms with Crippen molar-refractivity contribution in [3.05, 3.63) is 24.0 Å². The van der Waals surface area contributed by atoms with Gasteiger partial charge in [0.15, 0.2) is 0 Å². The molecule has 1 aromatic rings. The predicted octanol–water partition coefficient (Wildman–Crippen LogP) is 0.930. The SMILES string of the molecule is CCC(C)COc1ccc(B(O)O)c(F)c1. The van der Waals surface area contributed by atoms with Crippen LogP contribution in [-0.2, 0) is 0 Å². The van der Waals surface area contributed by atoms with E-state index < -0.39 is 12.9 Å². The third-order valence-electron chi connectivity index (χ3n) is 2.48. The Balaban J connectivity index is 2.66. The van der Waals surface area contributed by atoms with E-state index in [-0.39, 0.29) is 5.46 Å². The molecule has 1 unspecified atom stereocenters. The first kappa shape index (κ1) is 13.0. The molecule has 2 N–H and O–H groups in total. The first-order valence-electron chi connectivity index (χ1n) is 5.33. The molecule has 0 spiro atoms. The monoisotopic (exact) mass is 226 g/mol. The van der Waals surface area contributed by atoms with Crippen LogP contribution in [0.5, 0.6) is 5.75 Å². The first-order chi connectivity index (χ1) is 7.54. The van der Waals surface area contributed by atoms with Crippen LogP contribution in [0.15, 0.2) is 18.2 Å². The second kappa shape index (κ2) is 5.87. The van der Waals surface area contributed by atoms with Gasteiger partial charge >= 0.3 is 7.12 Å². The lowest BCUT2D eigenvalue weighted by Gasteiger charge is -2.11. The summed E-state index contributed by atoms with van der Waals surface area (Å²) < 4.78 is 18.7. The van der Waals surface area contributed by atoms with Gasteiger partial charge in [0.1, 0.15) is 11.6 Å². The van der Waals surface area contributed by atoms with Crippen molar-refractivity contribution in [2.75, 3.05) is 6.61 Å². The molecule has 0 radical (unpaired) electrons. The number of hydrogen-bond acceptors (Lipinski definition) is 3.